The Labute approximate surface area is 180 Å². The largest absolute Gasteiger partial charge is 0.493 e. The van der Waals surface area contributed by atoms with E-state index in [-0.39, 0.29) is 28.6 Å². The number of benzene rings is 1. The fourth-order valence-corrected chi connectivity index (χ4v) is 2.35. The van der Waals surface area contributed by atoms with Gasteiger partial charge in [0.1, 0.15) is 10.7 Å². The smallest absolute Gasteiger partial charge is 0.419 e. The van der Waals surface area contributed by atoms with Gasteiger partial charge in [-0.2, -0.15) is 18.3 Å². The van der Waals surface area contributed by atoms with Gasteiger partial charge in [-0.3, -0.25) is 5.43 Å². The van der Waals surface area contributed by atoms with Gasteiger partial charge in [-0.25, -0.2) is 0 Å². The molecule has 0 amide bonds. The van der Waals surface area contributed by atoms with Crippen molar-refractivity contribution in [3.8, 4) is 5.75 Å². The molecule has 1 atom stereocenters. The van der Waals surface area contributed by atoms with Crippen LogP contribution in [0.5, 0.6) is 5.75 Å². The number of halogens is 3. The summed E-state index contributed by atoms with van der Waals surface area (Å²) >= 11 is 5.04. The van der Waals surface area contributed by atoms with Crippen LogP contribution < -0.4 is 15.9 Å². The summed E-state index contributed by atoms with van der Waals surface area (Å²) in [6.45, 7) is 6.05. The molecule has 1 aromatic carbocycles. The van der Waals surface area contributed by atoms with E-state index in [0.717, 1.165) is 12.5 Å². The highest BCUT2D eigenvalue weighted by Crippen LogP contribution is 2.37. The number of hydrazone groups is 1. The quantitative estimate of drug-likeness (QED) is 0.195. The Morgan fingerprint density at radius 3 is 2.50 bits per heavy atom. The van der Waals surface area contributed by atoms with Crippen molar-refractivity contribution in [1.82, 2.24) is 5.43 Å². The van der Waals surface area contributed by atoms with Crippen molar-refractivity contribution < 1.29 is 27.8 Å². The Morgan fingerprint density at radius 2 is 1.90 bits per heavy atom. The minimum atomic E-state index is -4.58. The Bertz CT molecular complexity index is 725. The Balaban J connectivity index is 2.84. The summed E-state index contributed by atoms with van der Waals surface area (Å²) in [5.74, 6) is -0.230. The molecule has 0 bridgehead atoms. The number of aliphatic hydroxyl groups excluding tert-OH is 1. The molecular formula is C20H30F3N3O3S. The second-order valence-electron chi connectivity index (χ2n) is 7.09. The van der Waals surface area contributed by atoms with Crippen LogP contribution in [0.1, 0.15) is 51.2 Å². The van der Waals surface area contributed by atoms with Crippen molar-refractivity contribution in [3.05, 3.63) is 29.3 Å². The van der Waals surface area contributed by atoms with Crippen LogP contribution in [0.15, 0.2) is 23.3 Å². The monoisotopic (exact) mass is 449 g/mol. The molecular weight excluding hydrogens is 419 g/mol. The molecule has 0 fully saturated rings. The van der Waals surface area contributed by atoms with Gasteiger partial charge in [-0.1, -0.05) is 19.1 Å². The Kier molecular flexibility index (Phi) is 10.7. The highest BCUT2D eigenvalue weighted by atomic mass is 32.1. The minimum Gasteiger partial charge on any atom is -0.493 e. The molecule has 0 saturated heterocycles. The van der Waals surface area contributed by atoms with Crippen molar-refractivity contribution >= 4 is 22.9 Å². The second-order valence-corrected chi connectivity index (χ2v) is 7.50. The maximum absolute atomic E-state index is 13.5. The van der Waals surface area contributed by atoms with E-state index in [4.69, 9.17) is 27.4 Å². The number of unbranched alkanes of at least 4 members (excludes halogenated alkanes) is 1. The number of aliphatic hydroxyl groups is 1. The number of nitrogens with two attached hydrogens (primary N) is 1. The number of hydrogen-bond donors (Lipinski definition) is 3. The summed E-state index contributed by atoms with van der Waals surface area (Å²) in [7, 11) is 0. The molecule has 0 aliphatic heterocycles. The predicted molar refractivity (Wildman–Crippen MR) is 115 cm³/mol. The number of ether oxygens (including phenoxy) is 2. The van der Waals surface area contributed by atoms with Crippen LogP contribution in [0.25, 0.3) is 0 Å². The van der Waals surface area contributed by atoms with Crippen LogP contribution in [0.3, 0.4) is 0 Å². The second kappa shape index (κ2) is 12.2. The lowest BCUT2D eigenvalue weighted by Crippen LogP contribution is -2.52. The number of rotatable bonds is 12. The van der Waals surface area contributed by atoms with Crippen LogP contribution >= 0.6 is 12.2 Å². The molecule has 0 unspecified atom stereocenters. The molecule has 0 saturated carbocycles. The summed E-state index contributed by atoms with van der Waals surface area (Å²) in [4.78, 5) is 0.0725. The SMILES string of the molecule is CCCOCCCCOc1ccc(/C(C)=N/NC(=S)[C@@](C)(N)CO)cc1C(F)(F)F. The molecule has 0 radical (unpaired) electrons. The number of nitrogens with one attached hydrogen (secondary N) is 1. The third-order valence-corrected chi connectivity index (χ3v) is 4.72. The average molecular weight is 450 g/mol. The van der Waals surface area contributed by atoms with Gasteiger partial charge in [-0.05, 0) is 56.9 Å². The third kappa shape index (κ3) is 8.55. The standard InChI is InChI=1S/C20H30F3N3O3S/c1-4-9-28-10-5-6-11-29-17-8-7-15(12-16(17)20(21,22)23)14(2)25-26-18(30)19(3,24)13-27/h7-8,12,27H,4-6,9-11,13,24H2,1-3H3,(H,26,30)/b25-14+/t19-/m0/s1. The molecule has 30 heavy (non-hydrogen) atoms. The maximum atomic E-state index is 13.5. The van der Waals surface area contributed by atoms with E-state index < -0.39 is 23.9 Å². The highest BCUT2D eigenvalue weighted by molar-refractivity contribution is 7.80. The minimum absolute atomic E-state index is 0.0725. The van der Waals surface area contributed by atoms with Gasteiger partial charge in [0.2, 0.25) is 0 Å². The molecule has 10 heteroatoms. The van der Waals surface area contributed by atoms with Gasteiger partial charge in [0, 0.05) is 13.2 Å². The summed E-state index contributed by atoms with van der Waals surface area (Å²) in [5, 5.41) is 13.2. The lowest BCUT2D eigenvalue weighted by Gasteiger charge is -2.22. The van der Waals surface area contributed by atoms with E-state index >= 15 is 0 Å². The van der Waals surface area contributed by atoms with E-state index in [9.17, 15) is 18.3 Å². The number of thiocarbonyl (C=S) groups is 1. The molecule has 170 valence electrons. The fraction of sp³-hybridized carbons (Fsp3) is 0.600. The van der Waals surface area contributed by atoms with Crippen molar-refractivity contribution in [1.29, 1.82) is 0 Å². The van der Waals surface area contributed by atoms with E-state index in [0.29, 0.717) is 26.1 Å². The van der Waals surface area contributed by atoms with Crippen molar-refractivity contribution in [2.75, 3.05) is 26.4 Å². The van der Waals surface area contributed by atoms with Gasteiger partial charge in [0.25, 0.3) is 0 Å². The summed E-state index contributed by atoms with van der Waals surface area (Å²) < 4.78 is 51.2. The van der Waals surface area contributed by atoms with Crippen LogP contribution in [0.4, 0.5) is 13.2 Å². The lowest BCUT2D eigenvalue weighted by atomic mass is 10.1. The lowest BCUT2D eigenvalue weighted by molar-refractivity contribution is -0.139. The number of alkyl halides is 3. The van der Waals surface area contributed by atoms with Gasteiger partial charge in [-0.15, -0.1) is 0 Å². The van der Waals surface area contributed by atoms with Crippen LogP contribution in [0.2, 0.25) is 0 Å². The molecule has 1 rings (SSSR count). The normalized spacial score (nSPS) is 14.3. The summed E-state index contributed by atoms with van der Waals surface area (Å²) in [5.41, 5.74) is 6.76. The first-order chi connectivity index (χ1) is 14.0. The maximum Gasteiger partial charge on any atom is 0.419 e. The van der Waals surface area contributed by atoms with Crippen LogP contribution in [-0.4, -0.2) is 47.8 Å². The zero-order chi connectivity index (χ0) is 22.8. The Morgan fingerprint density at radius 1 is 1.23 bits per heavy atom. The molecule has 4 N–H and O–H groups in total. The van der Waals surface area contributed by atoms with E-state index in [1.165, 1.54) is 26.0 Å². The van der Waals surface area contributed by atoms with Crippen LogP contribution in [-0.2, 0) is 10.9 Å². The van der Waals surface area contributed by atoms with Crippen molar-refractivity contribution in [2.45, 2.75) is 51.7 Å². The van der Waals surface area contributed by atoms with Crippen molar-refractivity contribution in [2.24, 2.45) is 10.8 Å². The zero-order valence-electron chi connectivity index (χ0n) is 17.5. The number of nitrogens with zero attached hydrogens (tertiary/aromatic N) is 1. The fourth-order valence-electron chi connectivity index (χ4n) is 2.24. The molecule has 0 aliphatic rings. The predicted octanol–water partition coefficient (Wildman–Crippen LogP) is 3.64. The first kappa shape index (κ1) is 26.3. The summed E-state index contributed by atoms with van der Waals surface area (Å²) in [6, 6.07) is 3.76. The van der Waals surface area contributed by atoms with Crippen LogP contribution in [0, 0.1) is 0 Å². The van der Waals surface area contributed by atoms with E-state index in [1.54, 1.807) is 0 Å². The summed E-state index contributed by atoms with van der Waals surface area (Å²) in [6.07, 6.45) is -2.35. The van der Waals surface area contributed by atoms with Gasteiger partial charge in [0.15, 0.2) is 0 Å². The molecule has 6 nitrogen and oxygen atoms in total. The first-order valence-corrected chi connectivity index (χ1v) is 10.1. The highest BCUT2D eigenvalue weighted by Gasteiger charge is 2.35. The van der Waals surface area contributed by atoms with Gasteiger partial charge >= 0.3 is 6.18 Å². The molecule has 0 heterocycles. The topological polar surface area (TPSA) is 89.1 Å². The van der Waals surface area contributed by atoms with E-state index in [1.807, 2.05) is 6.92 Å². The van der Waals surface area contributed by atoms with E-state index in [2.05, 4.69) is 10.5 Å². The molecule has 1 aromatic rings. The molecule has 0 aromatic heterocycles. The molecule has 0 aliphatic carbocycles. The first-order valence-electron chi connectivity index (χ1n) is 9.69. The average Bonchev–Trinajstić information content (AvgIpc) is 2.70. The van der Waals surface area contributed by atoms with Gasteiger partial charge < -0.3 is 20.3 Å². The number of hydrogen-bond acceptors (Lipinski definition) is 6. The Hall–Kier alpha value is -1.75. The zero-order valence-corrected chi connectivity index (χ0v) is 18.3. The van der Waals surface area contributed by atoms with Gasteiger partial charge in [0.05, 0.1) is 30.0 Å². The van der Waals surface area contributed by atoms with Crippen molar-refractivity contribution in [3.63, 3.8) is 0 Å². The third-order valence-electron chi connectivity index (χ3n) is 4.16. The molecule has 0 spiro atoms.